The quantitative estimate of drug-likeness (QED) is 0.618. The van der Waals surface area contributed by atoms with E-state index in [2.05, 4.69) is 24.3 Å². The molecule has 1 rings (SSSR count). The van der Waals surface area contributed by atoms with Crippen LogP contribution in [0.2, 0.25) is 0 Å². The molecule has 0 bridgehead atoms. The molecule has 0 heterocycles. The largest absolute Gasteiger partial charge is 0.258 e. The molecule has 0 fully saturated rings. The summed E-state index contributed by atoms with van der Waals surface area (Å²) in [5.74, 6) is 0. The minimum Gasteiger partial charge on any atom is -0.121 e. The van der Waals surface area contributed by atoms with Gasteiger partial charge in [-0.25, -0.2) is 0 Å². The first-order valence-electron chi connectivity index (χ1n) is 2.41. The second-order valence-electron chi connectivity index (χ2n) is 1.65. The number of rotatable bonds is 0. The van der Waals surface area contributed by atoms with Crippen LogP contribution in [0, 0.1) is 0 Å². The minimum absolute atomic E-state index is 0. The Labute approximate surface area is 84.6 Å². The lowest BCUT2D eigenvalue weighted by atomic mass is 10.4. The first kappa shape index (κ1) is 12.4. The fraction of sp³-hybridized carbons (Fsp3) is 0. The van der Waals surface area contributed by atoms with Crippen molar-refractivity contribution in [3.63, 3.8) is 0 Å². The Morgan fingerprint density at radius 3 is 1.56 bits per heavy atom. The summed E-state index contributed by atoms with van der Waals surface area (Å²) < 4.78 is 1.46. The molecule has 0 aliphatic rings. The minimum atomic E-state index is 0. The van der Waals surface area contributed by atoms with Gasteiger partial charge >= 0.3 is 0 Å². The third-order valence-electron chi connectivity index (χ3n) is 0.940. The van der Waals surface area contributed by atoms with Gasteiger partial charge in [0.25, 0.3) is 16.3 Å². The Morgan fingerprint density at radius 1 is 0.889 bits per heavy atom. The predicted molar refractivity (Wildman–Crippen MR) is 55.3 cm³/mol. The second-order valence-corrected chi connectivity index (χ2v) is 2.81. The SMILES string of the molecule is Br.Br.[AlH2][c]1ccccc1. The van der Waals surface area contributed by atoms with Gasteiger partial charge in [-0.15, -0.1) is 38.4 Å². The highest BCUT2D eigenvalue weighted by molar-refractivity contribution is 8.93. The monoisotopic (exact) mass is 266 g/mol. The van der Waals surface area contributed by atoms with Gasteiger partial charge in [0, 0.05) is 0 Å². The Kier molecular flexibility index (Phi) is 9.40. The van der Waals surface area contributed by atoms with Gasteiger partial charge in [-0.1, -0.05) is 30.3 Å². The Hall–Kier alpha value is 0.712. The van der Waals surface area contributed by atoms with Gasteiger partial charge in [-0.3, -0.25) is 0 Å². The van der Waals surface area contributed by atoms with Crippen molar-refractivity contribution in [3.05, 3.63) is 30.3 Å². The first-order chi connectivity index (χ1) is 3.39. The number of hydrogen-bond acceptors (Lipinski definition) is 0. The molecule has 0 amide bonds. The third kappa shape index (κ3) is 5.17. The second kappa shape index (κ2) is 6.83. The van der Waals surface area contributed by atoms with E-state index in [1.165, 1.54) is 20.7 Å². The maximum atomic E-state index is 2.15. The molecule has 0 N–H and O–H groups in total. The molecular formula is C6H9AlBr2. The fourth-order valence-electron chi connectivity index (χ4n) is 0.534. The summed E-state index contributed by atoms with van der Waals surface area (Å²) in [5.41, 5.74) is 0. The van der Waals surface area contributed by atoms with Gasteiger partial charge < -0.3 is 0 Å². The van der Waals surface area contributed by atoms with Crippen LogP contribution < -0.4 is 4.43 Å². The molecule has 1 aromatic rings. The van der Waals surface area contributed by atoms with Crippen molar-refractivity contribution in [1.29, 1.82) is 0 Å². The first-order valence-corrected chi connectivity index (χ1v) is 3.41. The molecule has 0 aromatic heterocycles. The van der Waals surface area contributed by atoms with E-state index in [1.807, 2.05) is 6.07 Å². The summed E-state index contributed by atoms with van der Waals surface area (Å²) in [6.07, 6.45) is 0. The van der Waals surface area contributed by atoms with E-state index in [4.69, 9.17) is 0 Å². The summed E-state index contributed by atoms with van der Waals surface area (Å²) in [7, 11) is 0. The van der Waals surface area contributed by atoms with Gasteiger partial charge in [0.1, 0.15) is 0 Å². The van der Waals surface area contributed by atoms with Crippen molar-refractivity contribution in [2.75, 3.05) is 0 Å². The molecule has 0 unspecified atom stereocenters. The van der Waals surface area contributed by atoms with E-state index in [-0.39, 0.29) is 34.0 Å². The lowest BCUT2D eigenvalue weighted by Gasteiger charge is -1.83. The van der Waals surface area contributed by atoms with Crippen molar-refractivity contribution < 1.29 is 0 Å². The van der Waals surface area contributed by atoms with E-state index in [1.54, 1.807) is 0 Å². The van der Waals surface area contributed by atoms with Crippen LogP contribution in [-0.2, 0) is 0 Å². The Balaban J connectivity index is 0. The number of hydrogen-bond donors (Lipinski definition) is 0. The molecule has 1 aromatic carbocycles. The van der Waals surface area contributed by atoms with E-state index in [0.717, 1.165) is 0 Å². The van der Waals surface area contributed by atoms with Crippen LogP contribution in [0.4, 0.5) is 0 Å². The maximum Gasteiger partial charge on any atom is 0.258 e. The molecule has 0 saturated carbocycles. The van der Waals surface area contributed by atoms with Crippen LogP contribution in [0.5, 0.6) is 0 Å². The molecule has 9 heavy (non-hydrogen) atoms. The molecule has 0 aliphatic carbocycles. The fourth-order valence-corrected chi connectivity index (χ4v) is 0.919. The lowest BCUT2D eigenvalue weighted by Crippen LogP contribution is -1.97. The Bertz CT molecular complexity index is 141. The smallest absolute Gasteiger partial charge is 0.121 e. The number of halogens is 2. The maximum absolute atomic E-state index is 2.15. The van der Waals surface area contributed by atoms with Crippen LogP contribution in [0.15, 0.2) is 30.3 Å². The molecule has 0 nitrogen and oxygen atoms in total. The third-order valence-corrected chi connectivity index (χ3v) is 1.61. The highest BCUT2D eigenvalue weighted by Crippen LogP contribution is 1.76. The van der Waals surface area contributed by atoms with Gasteiger partial charge in [0.15, 0.2) is 0 Å². The van der Waals surface area contributed by atoms with Gasteiger partial charge in [0.05, 0.1) is 0 Å². The van der Waals surface area contributed by atoms with Crippen molar-refractivity contribution >= 4 is 54.7 Å². The highest BCUT2D eigenvalue weighted by Gasteiger charge is 1.72. The summed E-state index contributed by atoms with van der Waals surface area (Å²) in [4.78, 5) is 0. The van der Waals surface area contributed by atoms with Crippen LogP contribution in [0.25, 0.3) is 0 Å². The Morgan fingerprint density at radius 2 is 1.33 bits per heavy atom. The van der Waals surface area contributed by atoms with E-state index < -0.39 is 0 Å². The molecular weight excluding hydrogens is 259 g/mol. The molecule has 0 radical (unpaired) electrons. The van der Waals surface area contributed by atoms with Gasteiger partial charge in [-0.2, -0.15) is 0 Å². The van der Waals surface area contributed by atoms with Gasteiger partial charge in [-0.05, 0) is 0 Å². The van der Waals surface area contributed by atoms with Crippen molar-refractivity contribution in [2.24, 2.45) is 0 Å². The van der Waals surface area contributed by atoms with Crippen LogP contribution in [-0.4, -0.2) is 16.3 Å². The molecule has 0 aliphatic heterocycles. The normalized spacial score (nSPS) is 6.67. The predicted octanol–water partition coefficient (Wildman–Crippen LogP) is 1.10. The molecule has 0 spiro atoms. The lowest BCUT2D eigenvalue weighted by molar-refractivity contribution is 1.78. The summed E-state index contributed by atoms with van der Waals surface area (Å²) in [5, 5.41) is 0. The van der Waals surface area contributed by atoms with Crippen LogP contribution in [0.1, 0.15) is 0 Å². The molecule has 0 saturated heterocycles. The van der Waals surface area contributed by atoms with Gasteiger partial charge in [0.2, 0.25) is 0 Å². The standard InChI is InChI=1S/C6H5.Al.2BrH.2H/c1-2-4-6-5-3-1;;;;;/h1-5H;;2*1H;;. The highest BCUT2D eigenvalue weighted by atomic mass is 79.9. The average Bonchev–Trinajstić information content (AvgIpc) is 1.69. The van der Waals surface area contributed by atoms with Crippen molar-refractivity contribution in [1.82, 2.24) is 0 Å². The number of benzene rings is 1. The van der Waals surface area contributed by atoms with Crippen LogP contribution in [0.3, 0.4) is 0 Å². The zero-order chi connectivity index (χ0) is 5.11. The zero-order valence-corrected chi connectivity index (χ0v) is 10.6. The summed E-state index contributed by atoms with van der Waals surface area (Å²) in [6, 6.07) is 10.5. The summed E-state index contributed by atoms with van der Waals surface area (Å²) >= 11 is 1.17. The van der Waals surface area contributed by atoms with E-state index in [9.17, 15) is 0 Å². The average molecular weight is 268 g/mol. The molecule has 50 valence electrons. The zero-order valence-electron chi connectivity index (χ0n) is 5.20. The van der Waals surface area contributed by atoms with E-state index in [0.29, 0.717) is 0 Å². The van der Waals surface area contributed by atoms with E-state index >= 15 is 0 Å². The molecule has 3 heteroatoms. The van der Waals surface area contributed by atoms with Crippen molar-refractivity contribution in [2.45, 2.75) is 0 Å². The van der Waals surface area contributed by atoms with Crippen LogP contribution >= 0.6 is 34.0 Å². The topological polar surface area (TPSA) is 0 Å². The van der Waals surface area contributed by atoms with Crippen molar-refractivity contribution in [3.8, 4) is 0 Å². The summed E-state index contributed by atoms with van der Waals surface area (Å²) in [6.45, 7) is 0. The molecule has 0 atom stereocenters.